The van der Waals surface area contributed by atoms with E-state index in [9.17, 15) is 8.78 Å². The number of aromatic nitrogens is 2. The fraction of sp³-hybridized carbons (Fsp3) is 0.714. The van der Waals surface area contributed by atoms with Gasteiger partial charge >= 0.3 is 0 Å². The van der Waals surface area contributed by atoms with Gasteiger partial charge in [0, 0.05) is 12.6 Å². The summed E-state index contributed by atoms with van der Waals surface area (Å²) in [6.07, 6.45) is -0.131. The standard InChI is InChI=1S/C7H9F2N3S/c8-6(9)7-12-11-5(13-7)3-10-4-1-2-4/h4,6,10H,1-3H2. The first-order chi connectivity index (χ1) is 6.25. The topological polar surface area (TPSA) is 37.8 Å². The predicted molar refractivity (Wildman–Crippen MR) is 44.7 cm³/mol. The molecule has 0 aliphatic heterocycles. The van der Waals surface area contributed by atoms with Crippen molar-refractivity contribution in [2.45, 2.75) is 31.9 Å². The Morgan fingerprint density at radius 3 is 2.77 bits per heavy atom. The van der Waals surface area contributed by atoms with Gasteiger partial charge < -0.3 is 5.32 Å². The van der Waals surface area contributed by atoms with Crippen LogP contribution in [0.4, 0.5) is 8.78 Å². The van der Waals surface area contributed by atoms with E-state index in [4.69, 9.17) is 0 Å². The highest BCUT2D eigenvalue weighted by Crippen LogP contribution is 2.23. The fourth-order valence-electron chi connectivity index (χ4n) is 0.945. The van der Waals surface area contributed by atoms with Gasteiger partial charge in [0.1, 0.15) is 5.01 Å². The molecule has 0 bridgehead atoms. The summed E-state index contributed by atoms with van der Waals surface area (Å²) in [5.41, 5.74) is 0. The summed E-state index contributed by atoms with van der Waals surface area (Å²) in [6.45, 7) is 0.565. The van der Waals surface area contributed by atoms with Gasteiger partial charge in [0.2, 0.25) is 0 Å². The van der Waals surface area contributed by atoms with E-state index in [2.05, 4.69) is 15.5 Å². The highest BCUT2D eigenvalue weighted by molar-refractivity contribution is 7.11. The average Bonchev–Trinajstić information content (AvgIpc) is 2.79. The van der Waals surface area contributed by atoms with Gasteiger partial charge in [-0.2, -0.15) is 0 Å². The molecule has 0 saturated heterocycles. The monoisotopic (exact) mass is 205 g/mol. The van der Waals surface area contributed by atoms with Crippen LogP contribution < -0.4 is 5.32 Å². The van der Waals surface area contributed by atoms with Crippen LogP contribution in [0.3, 0.4) is 0 Å². The summed E-state index contributed by atoms with van der Waals surface area (Å²) in [6, 6.07) is 0.568. The van der Waals surface area contributed by atoms with Crippen LogP contribution >= 0.6 is 11.3 Å². The van der Waals surface area contributed by atoms with E-state index in [1.165, 1.54) is 12.8 Å². The van der Waals surface area contributed by atoms with E-state index in [0.717, 1.165) is 11.3 Å². The van der Waals surface area contributed by atoms with Gasteiger partial charge in [0.25, 0.3) is 6.43 Å². The third-order valence-electron chi connectivity index (χ3n) is 1.79. The SMILES string of the molecule is FC(F)c1nnc(CNC2CC2)s1. The third kappa shape index (κ3) is 2.41. The molecule has 72 valence electrons. The summed E-state index contributed by atoms with van der Waals surface area (Å²) in [4.78, 5) is 0. The lowest BCUT2D eigenvalue weighted by Crippen LogP contribution is -2.14. The molecule has 1 aliphatic rings. The second-order valence-corrected chi connectivity index (χ2v) is 4.08. The number of hydrogen-bond donors (Lipinski definition) is 1. The molecule has 1 N–H and O–H groups in total. The average molecular weight is 205 g/mol. The lowest BCUT2D eigenvalue weighted by atomic mass is 10.6. The normalized spacial score (nSPS) is 16.8. The van der Waals surface area contributed by atoms with Crippen molar-refractivity contribution in [3.05, 3.63) is 10.0 Å². The highest BCUT2D eigenvalue weighted by Gasteiger charge is 2.21. The fourth-order valence-corrected chi connectivity index (χ4v) is 1.59. The number of rotatable bonds is 4. The maximum absolute atomic E-state index is 12.1. The Hall–Kier alpha value is -0.620. The van der Waals surface area contributed by atoms with Crippen LogP contribution in [0, 0.1) is 0 Å². The van der Waals surface area contributed by atoms with Gasteiger partial charge in [-0.3, -0.25) is 0 Å². The zero-order chi connectivity index (χ0) is 9.26. The summed E-state index contributed by atoms with van der Waals surface area (Å²) in [7, 11) is 0. The largest absolute Gasteiger partial charge is 0.308 e. The number of alkyl halides is 2. The minimum Gasteiger partial charge on any atom is -0.308 e. The second kappa shape index (κ2) is 3.63. The van der Waals surface area contributed by atoms with Crippen molar-refractivity contribution in [1.29, 1.82) is 0 Å². The lowest BCUT2D eigenvalue weighted by Gasteiger charge is -1.95. The van der Waals surface area contributed by atoms with E-state index in [0.29, 0.717) is 17.6 Å². The molecule has 13 heavy (non-hydrogen) atoms. The molecule has 1 saturated carbocycles. The number of hydrogen-bond acceptors (Lipinski definition) is 4. The molecule has 2 rings (SSSR count). The zero-order valence-electron chi connectivity index (χ0n) is 6.83. The third-order valence-corrected chi connectivity index (χ3v) is 2.72. The molecule has 1 heterocycles. The smallest absolute Gasteiger partial charge is 0.291 e. The van der Waals surface area contributed by atoms with Crippen LogP contribution in [-0.4, -0.2) is 16.2 Å². The van der Waals surface area contributed by atoms with Crippen LogP contribution in [0.1, 0.15) is 29.3 Å². The van der Waals surface area contributed by atoms with Crippen molar-refractivity contribution in [3.8, 4) is 0 Å². The van der Waals surface area contributed by atoms with E-state index >= 15 is 0 Å². The van der Waals surface area contributed by atoms with Gasteiger partial charge in [-0.05, 0) is 12.8 Å². The summed E-state index contributed by atoms with van der Waals surface area (Å²) >= 11 is 0.976. The molecule has 0 amide bonds. The quantitative estimate of drug-likeness (QED) is 0.813. The second-order valence-electron chi connectivity index (χ2n) is 2.99. The molecular weight excluding hydrogens is 196 g/mol. The first-order valence-electron chi connectivity index (χ1n) is 4.09. The molecular formula is C7H9F2N3S. The lowest BCUT2D eigenvalue weighted by molar-refractivity contribution is 0.150. The molecule has 0 spiro atoms. The van der Waals surface area contributed by atoms with E-state index < -0.39 is 6.43 Å². The van der Waals surface area contributed by atoms with Crippen LogP contribution in [0.25, 0.3) is 0 Å². The van der Waals surface area contributed by atoms with Crippen LogP contribution in [-0.2, 0) is 6.54 Å². The molecule has 1 aromatic rings. The van der Waals surface area contributed by atoms with Crippen molar-refractivity contribution in [1.82, 2.24) is 15.5 Å². The Morgan fingerprint density at radius 2 is 2.23 bits per heavy atom. The zero-order valence-corrected chi connectivity index (χ0v) is 7.65. The first-order valence-corrected chi connectivity index (χ1v) is 4.91. The Balaban J connectivity index is 1.88. The van der Waals surface area contributed by atoms with E-state index in [-0.39, 0.29) is 5.01 Å². The number of nitrogens with one attached hydrogen (secondary N) is 1. The van der Waals surface area contributed by atoms with Crippen LogP contribution in [0.5, 0.6) is 0 Å². The Bertz CT molecular complexity index is 285. The summed E-state index contributed by atoms with van der Waals surface area (Å²) in [5, 5.41) is 10.7. The van der Waals surface area contributed by atoms with E-state index in [1.807, 2.05) is 0 Å². The van der Waals surface area contributed by atoms with Crippen LogP contribution in [0.2, 0.25) is 0 Å². The van der Waals surface area contributed by atoms with Crippen LogP contribution in [0.15, 0.2) is 0 Å². The van der Waals surface area contributed by atoms with Crippen molar-refractivity contribution in [2.75, 3.05) is 0 Å². The van der Waals surface area contributed by atoms with Gasteiger partial charge in [-0.1, -0.05) is 11.3 Å². The summed E-state index contributed by atoms with van der Waals surface area (Å²) in [5.74, 6) is 0. The molecule has 0 unspecified atom stereocenters. The maximum atomic E-state index is 12.1. The minimum absolute atomic E-state index is 0.187. The first kappa shape index (κ1) is 8.96. The van der Waals surface area contributed by atoms with Crippen molar-refractivity contribution >= 4 is 11.3 Å². The molecule has 1 aliphatic carbocycles. The van der Waals surface area contributed by atoms with Gasteiger partial charge in [0.05, 0.1) is 0 Å². The van der Waals surface area contributed by atoms with Crippen molar-refractivity contribution in [3.63, 3.8) is 0 Å². The van der Waals surface area contributed by atoms with Gasteiger partial charge in [-0.15, -0.1) is 10.2 Å². The molecule has 6 heteroatoms. The molecule has 3 nitrogen and oxygen atoms in total. The van der Waals surface area contributed by atoms with Gasteiger partial charge in [-0.25, -0.2) is 8.78 Å². The molecule has 1 fully saturated rings. The summed E-state index contributed by atoms with van der Waals surface area (Å²) < 4.78 is 24.2. The Morgan fingerprint density at radius 1 is 1.46 bits per heavy atom. The van der Waals surface area contributed by atoms with E-state index in [1.54, 1.807) is 0 Å². The minimum atomic E-state index is -2.49. The van der Waals surface area contributed by atoms with Crippen molar-refractivity contribution < 1.29 is 8.78 Å². The molecule has 1 aromatic heterocycles. The number of halogens is 2. The van der Waals surface area contributed by atoms with Crippen molar-refractivity contribution in [2.24, 2.45) is 0 Å². The Kier molecular flexibility index (Phi) is 2.50. The maximum Gasteiger partial charge on any atom is 0.291 e. The highest BCUT2D eigenvalue weighted by atomic mass is 32.1. The molecule has 0 aromatic carbocycles. The molecule has 0 atom stereocenters. The molecule has 0 radical (unpaired) electrons. The predicted octanol–water partition coefficient (Wildman–Crippen LogP) is 1.73. The number of nitrogens with zero attached hydrogens (tertiary/aromatic N) is 2. The van der Waals surface area contributed by atoms with Gasteiger partial charge in [0.15, 0.2) is 5.01 Å². The Labute approximate surface area is 78.2 Å².